The number of ketones is 1. The first kappa shape index (κ1) is 13.3. The van der Waals surface area contributed by atoms with Crippen molar-refractivity contribution in [2.45, 2.75) is 44.1 Å². The Bertz CT molecular complexity index is 638. The van der Waals surface area contributed by atoms with Gasteiger partial charge in [0, 0.05) is 24.4 Å². The topological polar surface area (TPSA) is 60.9 Å². The molecule has 20 heavy (non-hydrogen) atoms. The SMILES string of the molecule is Cn1nc(CC(=O)CC2(N)CCCC2)c2ccccc21. The lowest BCUT2D eigenvalue weighted by molar-refractivity contribution is -0.119. The van der Waals surface area contributed by atoms with E-state index in [1.165, 1.54) is 0 Å². The number of fused-ring (bicyclic) bond motifs is 1. The molecule has 1 heterocycles. The predicted octanol–water partition coefficient (Wildman–Crippen LogP) is 2.35. The normalized spacial score (nSPS) is 17.7. The van der Waals surface area contributed by atoms with Gasteiger partial charge in [-0.3, -0.25) is 9.48 Å². The number of rotatable bonds is 4. The summed E-state index contributed by atoms with van der Waals surface area (Å²) >= 11 is 0. The molecule has 1 aromatic carbocycles. The molecule has 0 atom stereocenters. The number of carbonyl (C=O) groups is 1. The molecular formula is C16H21N3O. The van der Waals surface area contributed by atoms with E-state index in [0.717, 1.165) is 42.3 Å². The molecule has 1 aliphatic carbocycles. The fourth-order valence-corrected chi connectivity index (χ4v) is 3.32. The van der Waals surface area contributed by atoms with E-state index in [-0.39, 0.29) is 11.3 Å². The molecule has 0 unspecified atom stereocenters. The molecule has 0 spiro atoms. The second kappa shape index (κ2) is 5.02. The van der Waals surface area contributed by atoms with Crippen molar-refractivity contribution < 1.29 is 4.79 Å². The van der Waals surface area contributed by atoms with Crippen LogP contribution in [0.15, 0.2) is 24.3 Å². The highest BCUT2D eigenvalue weighted by Crippen LogP contribution is 2.30. The lowest BCUT2D eigenvalue weighted by atomic mass is 9.91. The Labute approximate surface area is 119 Å². The Kier molecular flexibility index (Phi) is 3.34. The van der Waals surface area contributed by atoms with Crippen molar-refractivity contribution in [2.24, 2.45) is 12.8 Å². The number of hydrogen-bond donors (Lipinski definition) is 1. The van der Waals surface area contributed by atoms with Crippen LogP contribution in [0.1, 0.15) is 37.8 Å². The van der Waals surface area contributed by atoms with Crippen LogP contribution in [0.3, 0.4) is 0 Å². The van der Waals surface area contributed by atoms with Gasteiger partial charge in [0.15, 0.2) is 0 Å². The van der Waals surface area contributed by atoms with Crippen LogP contribution in [0.5, 0.6) is 0 Å². The molecule has 1 aliphatic rings. The van der Waals surface area contributed by atoms with E-state index in [4.69, 9.17) is 5.73 Å². The van der Waals surface area contributed by atoms with E-state index >= 15 is 0 Å². The van der Waals surface area contributed by atoms with Crippen LogP contribution in [-0.4, -0.2) is 21.1 Å². The minimum Gasteiger partial charge on any atom is -0.325 e. The van der Waals surface area contributed by atoms with Crippen LogP contribution in [-0.2, 0) is 18.3 Å². The maximum atomic E-state index is 12.3. The third kappa shape index (κ3) is 2.48. The molecule has 3 rings (SSSR count). The fraction of sp³-hybridized carbons (Fsp3) is 0.500. The summed E-state index contributed by atoms with van der Waals surface area (Å²) in [4.78, 5) is 12.3. The largest absolute Gasteiger partial charge is 0.325 e. The molecule has 2 N–H and O–H groups in total. The van der Waals surface area contributed by atoms with Crippen molar-refractivity contribution in [3.05, 3.63) is 30.0 Å². The average Bonchev–Trinajstić information content (AvgIpc) is 2.96. The van der Waals surface area contributed by atoms with Crippen LogP contribution in [0.2, 0.25) is 0 Å². The summed E-state index contributed by atoms with van der Waals surface area (Å²) in [6.07, 6.45) is 5.12. The quantitative estimate of drug-likeness (QED) is 0.928. The number of nitrogens with zero attached hydrogens (tertiary/aromatic N) is 2. The van der Waals surface area contributed by atoms with Gasteiger partial charge in [0.05, 0.1) is 17.6 Å². The standard InChI is InChI=1S/C16H21N3O/c1-19-15-7-3-2-6-13(15)14(18-19)10-12(20)11-16(17)8-4-5-9-16/h2-3,6-7H,4-5,8-11,17H2,1H3. The lowest BCUT2D eigenvalue weighted by Gasteiger charge is -2.22. The molecule has 0 radical (unpaired) electrons. The van der Waals surface area contributed by atoms with Crippen molar-refractivity contribution in [3.8, 4) is 0 Å². The molecule has 0 amide bonds. The Balaban J connectivity index is 1.77. The number of para-hydroxylation sites is 1. The fourth-order valence-electron chi connectivity index (χ4n) is 3.32. The average molecular weight is 271 g/mol. The van der Waals surface area contributed by atoms with Crippen LogP contribution in [0, 0.1) is 0 Å². The van der Waals surface area contributed by atoms with Gasteiger partial charge >= 0.3 is 0 Å². The van der Waals surface area contributed by atoms with E-state index in [9.17, 15) is 4.79 Å². The summed E-state index contributed by atoms with van der Waals surface area (Å²) in [7, 11) is 1.91. The third-order valence-corrected chi connectivity index (χ3v) is 4.35. The second-order valence-corrected chi connectivity index (χ2v) is 6.05. The molecule has 0 bridgehead atoms. The first-order chi connectivity index (χ1) is 9.57. The van der Waals surface area contributed by atoms with Gasteiger partial charge < -0.3 is 5.73 Å². The van der Waals surface area contributed by atoms with Gasteiger partial charge in [0.25, 0.3) is 0 Å². The van der Waals surface area contributed by atoms with Crippen LogP contribution >= 0.6 is 0 Å². The van der Waals surface area contributed by atoms with E-state index in [1.54, 1.807) is 0 Å². The molecule has 106 valence electrons. The van der Waals surface area contributed by atoms with E-state index in [0.29, 0.717) is 12.8 Å². The molecule has 4 nitrogen and oxygen atoms in total. The number of nitrogens with two attached hydrogens (primary N) is 1. The lowest BCUT2D eigenvalue weighted by Crippen LogP contribution is -2.39. The number of hydrogen-bond acceptors (Lipinski definition) is 3. The summed E-state index contributed by atoms with van der Waals surface area (Å²) in [6, 6.07) is 8.03. The van der Waals surface area contributed by atoms with Crippen molar-refractivity contribution >= 4 is 16.7 Å². The maximum absolute atomic E-state index is 12.3. The summed E-state index contributed by atoms with van der Waals surface area (Å²) in [5, 5.41) is 5.55. The van der Waals surface area contributed by atoms with Crippen LogP contribution < -0.4 is 5.73 Å². The number of carbonyl (C=O) groups excluding carboxylic acids is 1. The van der Waals surface area contributed by atoms with E-state index in [2.05, 4.69) is 5.10 Å². The smallest absolute Gasteiger partial charge is 0.140 e. The zero-order chi connectivity index (χ0) is 14.2. The zero-order valence-electron chi connectivity index (χ0n) is 11.9. The highest BCUT2D eigenvalue weighted by Gasteiger charge is 2.31. The molecule has 4 heteroatoms. The third-order valence-electron chi connectivity index (χ3n) is 4.35. The Morgan fingerprint density at radius 2 is 2.05 bits per heavy atom. The molecule has 1 fully saturated rings. The van der Waals surface area contributed by atoms with Gasteiger partial charge in [-0.05, 0) is 18.9 Å². The Hall–Kier alpha value is -1.68. The van der Waals surface area contributed by atoms with Crippen molar-refractivity contribution in [1.82, 2.24) is 9.78 Å². The number of benzene rings is 1. The predicted molar refractivity (Wildman–Crippen MR) is 79.4 cm³/mol. The van der Waals surface area contributed by atoms with Gasteiger partial charge in [0.2, 0.25) is 0 Å². The molecule has 0 saturated heterocycles. The van der Waals surface area contributed by atoms with Gasteiger partial charge in [-0.25, -0.2) is 0 Å². The van der Waals surface area contributed by atoms with Gasteiger partial charge in [-0.1, -0.05) is 31.0 Å². The second-order valence-electron chi connectivity index (χ2n) is 6.05. The Morgan fingerprint density at radius 1 is 1.35 bits per heavy atom. The molecule has 1 aromatic heterocycles. The highest BCUT2D eigenvalue weighted by molar-refractivity contribution is 5.89. The van der Waals surface area contributed by atoms with Gasteiger partial charge in [-0.2, -0.15) is 5.10 Å². The monoisotopic (exact) mass is 271 g/mol. The van der Waals surface area contributed by atoms with Crippen molar-refractivity contribution in [2.75, 3.05) is 0 Å². The summed E-state index contributed by atoms with van der Waals surface area (Å²) in [5.41, 5.74) is 7.96. The van der Waals surface area contributed by atoms with Crippen molar-refractivity contribution in [3.63, 3.8) is 0 Å². The molecule has 0 aliphatic heterocycles. The minimum atomic E-state index is -0.262. The van der Waals surface area contributed by atoms with Gasteiger partial charge in [-0.15, -0.1) is 0 Å². The van der Waals surface area contributed by atoms with Gasteiger partial charge in [0.1, 0.15) is 5.78 Å². The summed E-state index contributed by atoms with van der Waals surface area (Å²) in [5.74, 6) is 0.207. The van der Waals surface area contributed by atoms with Crippen LogP contribution in [0.4, 0.5) is 0 Å². The molecule has 1 saturated carbocycles. The number of Topliss-reactive ketones (excluding diaryl/α,β-unsaturated/α-hetero) is 1. The Morgan fingerprint density at radius 3 is 2.80 bits per heavy atom. The first-order valence-electron chi connectivity index (χ1n) is 7.29. The first-order valence-corrected chi connectivity index (χ1v) is 7.29. The highest BCUT2D eigenvalue weighted by atomic mass is 16.1. The number of aromatic nitrogens is 2. The van der Waals surface area contributed by atoms with E-state index in [1.807, 2.05) is 36.0 Å². The molecule has 2 aromatic rings. The van der Waals surface area contributed by atoms with E-state index < -0.39 is 0 Å². The van der Waals surface area contributed by atoms with Crippen molar-refractivity contribution in [1.29, 1.82) is 0 Å². The summed E-state index contributed by atoms with van der Waals surface area (Å²) < 4.78 is 1.84. The van der Waals surface area contributed by atoms with Crippen LogP contribution in [0.25, 0.3) is 10.9 Å². The number of aryl methyl sites for hydroxylation is 1. The maximum Gasteiger partial charge on any atom is 0.140 e. The minimum absolute atomic E-state index is 0.207. The zero-order valence-corrected chi connectivity index (χ0v) is 11.9. The molecular weight excluding hydrogens is 250 g/mol. The summed E-state index contributed by atoms with van der Waals surface area (Å²) in [6.45, 7) is 0.